The number of imidazole rings is 2. The monoisotopic (exact) mass is 539 g/mol. The Hall–Kier alpha value is -4.66. The van der Waals surface area contributed by atoms with Gasteiger partial charge in [0.05, 0.1) is 11.4 Å². The minimum absolute atomic E-state index is 0.365. The zero-order chi connectivity index (χ0) is 26.1. The molecule has 10 heteroatoms. The van der Waals surface area contributed by atoms with Gasteiger partial charge in [0.25, 0.3) is 0 Å². The molecule has 186 valence electrons. The first-order valence-corrected chi connectivity index (χ1v) is 12.4. The molecule has 0 saturated heterocycles. The van der Waals surface area contributed by atoms with Gasteiger partial charge in [-0.3, -0.25) is 4.57 Å². The van der Waals surface area contributed by atoms with Crippen LogP contribution in [0, 0.1) is 0 Å². The Morgan fingerprint density at radius 1 is 0.763 bits per heavy atom. The molecule has 0 spiro atoms. The summed E-state index contributed by atoms with van der Waals surface area (Å²) in [5, 5.41) is 6.92. The van der Waals surface area contributed by atoms with Crippen molar-refractivity contribution in [3.63, 3.8) is 0 Å². The second-order valence-corrected chi connectivity index (χ2v) is 9.32. The van der Waals surface area contributed by atoms with Crippen molar-refractivity contribution in [2.24, 2.45) is 0 Å². The van der Waals surface area contributed by atoms with E-state index in [0.717, 1.165) is 16.8 Å². The molecule has 6 rings (SSSR count). The first-order valence-electron chi connectivity index (χ1n) is 11.6. The number of halogens is 2. The predicted molar refractivity (Wildman–Crippen MR) is 150 cm³/mol. The van der Waals surface area contributed by atoms with Crippen LogP contribution in [0.2, 0.25) is 10.0 Å². The van der Waals surface area contributed by atoms with Crippen LogP contribution in [0.4, 0.5) is 16.2 Å². The highest BCUT2D eigenvalue weighted by molar-refractivity contribution is 6.31. The molecule has 0 fully saturated rings. The number of aromatic nitrogens is 5. The van der Waals surface area contributed by atoms with Crippen molar-refractivity contribution in [3.8, 4) is 28.3 Å². The fourth-order valence-electron chi connectivity index (χ4n) is 4.02. The van der Waals surface area contributed by atoms with E-state index in [9.17, 15) is 4.79 Å². The largest absolute Gasteiger partial charge is 0.323 e. The lowest BCUT2D eigenvalue weighted by atomic mass is 10.1. The van der Waals surface area contributed by atoms with E-state index in [0.29, 0.717) is 38.6 Å². The van der Waals surface area contributed by atoms with Crippen molar-refractivity contribution >= 4 is 46.3 Å². The highest BCUT2D eigenvalue weighted by atomic mass is 35.5. The zero-order valence-corrected chi connectivity index (χ0v) is 21.2. The summed E-state index contributed by atoms with van der Waals surface area (Å²) in [6.07, 6.45) is 9.10. The van der Waals surface area contributed by atoms with Gasteiger partial charge in [-0.05, 0) is 48.5 Å². The van der Waals surface area contributed by atoms with Gasteiger partial charge in [0.2, 0.25) is 0 Å². The van der Waals surface area contributed by atoms with Crippen LogP contribution in [0.3, 0.4) is 0 Å². The van der Waals surface area contributed by atoms with Crippen LogP contribution in [0.15, 0.2) is 104 Å². The number of amides is 2. The number of nitrogens with one attached hydrogen (secondary N) is 2. The standard InChI is InChI=1S/C28H19Cl2N7O/c29-20-6-4-18(5-7-20)24-15-37(17-32-24)27-26-31-12-13-36(26)16-25(35-27)19-2-1-3-23(14-19)34-28(38)33-22-10-8-21(30)9-11-22/h1-17H,(H2,33,34,38). The number of hydrogen-bond donors (Lipinski definition) is 2. The highest BCUT2D eigenvalue weighted by Crippen LogP contribution is 2.26. The molecule has 0 radical (unpaired) electrons. The van der Waals surface area contributed by atoms with Gasteiger partial charge in [0.1, 0.15) is 6.33 Å². The third-order valence-corrected chi connectivity index (χ3v) is 6.35. The third-order valence-electron chi connectivity index (χ3n) is 5.84. The predicted octanol–water partition coefficient (Wildman–Crippen LogP) is 7.20. The Kier molecular flexibility index (Phi) is 6.25. The summed E-state index contributed by atoms with van der Waals surface area (Å²) >= 11 is 11.9. The van der Waals surface area contributed by atoms with E-state index in [1.807, 2.05) is 76.1 Å². The van der Waals surface area contributed by atoms with E-state index >= 15 is 0 Å². The van der Waals surface area contributed by atoms with Crippen LogP contribution in [0.1, 0.15) is 0 Å². The van der Waals surface area contributed by atoms with Crippen molar-refractivity contribution in [1.82, 2.24) is 23.9 Å². The molecule has 0 aliphatic carbocycles. The molecule has 0 bridgehead atoms. The van der Waals surface area contributed by atoms with Crippen molar-refractivity contribution in [2.75, 3.05) is 10.6 Å². The number of fused-ring (bicyclic) bond motifs is 1. The summed E-state index contributed by atoms with van der Waals surface area (Å²) in [7, 11) is 0. The van der Waals surface area contributed by atoms with Gasteiger partial charge in [0.15, 0.2) is 11.5 Å². The Balaban J connectivity index is 1.30. The smallest absolute Gasteiger partial charge is 0.308 e. The van der Waals surface area contributed by atoms with Crippen molar-refractivity contribution < 1.29 is 4.79 Å². The minimum Gasteiger partial charge on any atom is -0.308 e. The molecule has 8 nitrogen and oxygen atoms in total. The molecule has 0 saturated carbocycles. The molecule has 0 aliphatic heterocycles. The van der Waals surface area contributed by atoms with Gasteiger partial charge in [-0.25, -0.2) is 19.7 Å². The fourth-order valence-corrected chi connectivity index (χ4v) is 4.27. The number of carbonyl (C=O) groups is 1. The maximum atomic E-state index is 12.5. The molecule has 3 aromatic carbocycles. The number of benzene rings is 3. The van der Waals surface area contributed by atoms with E-state index < -0.39 is 0 Å². The van der Waals surface area contributed by atoms with E-state index in [2.05, 4.69) is 20.6 Å². The average Bonchev–Trinajstić information content (AvgIpc) is 3.60. The average molecular weight is 540 g/mol. The summed E-state index contributed by atoms with van der Waals surface area (Å²) in [5.41, 5.74) is 5.20. The van der Waals surface area contributed by atoms with Crippen LogP contribution in [-0.4, -0.2) is 30.0 Å². The second kappa shape index (κ2) is 10.0. The first-order chi connectivity index (χ1) is 18.5. The third kappa shape index (κ3) is 4.95. The van der Waals surface area contributed by atoms with E-state index in [1.54, 1.807) is 36.8 Å². The SMILES string of the molecule is O=C(Nc1ccc(Cl)cc1)Nc1cccc(-c2cn3ccnc3c(-n3cnc(-c4ccc(Cl)cc4)c3)n2)c1. The summed E-state index contributed by atoms with van der Waals surface area (Å²) in [5.74, 6) is 0.624. The van der Waals surface area contributed by atoms with Gasteiger partial charge >= 0.3 is 6.03 Å². The van der Waals surface area contributed by atoms with Gasteiger partial charge in [-0.2, -0.15) is 0 Å². The van der Waals surface area contributed by atoms with Crippen molar-refractivity contribution in [2.45, 2.75) is 0 Å². The molecule has 3 heterocycles. The second-order valence-electron chi connectivity index (χ2n) is 8.45. The minimum atomic E-state index is -0.365. The van der Waals surface area contributed by atoms with Crippen LogP contribution >= 0.6 is 23.2 Å². The molecule has 2 amide bonds. The number of anilines is 2. The van der Waals surface area contributed by atoms with Crippen LogP contribution in [0.5, 0.6) is 0 Å². The molecule has 0 aliphatic rings. The number of rotatable bonds is 5. The summed E-state index contributed by atoms with van der Waals surface area (Å²) in [6, 6.07) is 21.5. The van der Waals surface area contributed by atoms with E-state index in [4.69, 9.17) is 28.2 Å². The zero-order valence-electron chi connectivity index (χ0n) is 19.7. The van der Waals surface area contributed by atoms with Crippen LogP contribution < -0.4 is 10.6 Å². The summed E-state index contributed by atoms with van der Waals surface area (Å²) in [4.78, 5) is 26.5. The van der Waals surface area contributed by atoms with Crippen LogP contribution in [0.25, 0.3) is 34.0 Å². The Bertz CT molecular complexity index is 1760. The molecule has 38 heavy (non-hydrogen) atoms. The molecule has 2 N–H and O–H groups in total. The number of carbonyl (C=O) groups excluding carboxylic acids is 1. The van der Waals surface area contributed by atoms with Crippen LogP contribution in [-0.2, 0) is 0 Å². The molecule has 0 atom stereocenters. The topological polar surface area (TPSA) is 89.1 Å². The van der Waals surface area contributed by atoms with Gasteiger partial charge in [0, 0.05) is 57.3 Å². The van der Waals surface area contributed by atoms with Gasteiger partial charge < -0.3 is 15.0 Å². The maximum Gasteiger partial charge on any atom is 0.323 e. The number of urea groups is 1. The lowest BCUT2D eigenvalue weighted by molar-refractivity contribution is 0.262. The Morgan fingerprint density at radius 3 is 2.29 bits per heavy atom. The summed E-state index contributed by atoms with van der Waals surface area (Å²) < 4.78 is 3.75. The number of hydrogen-bond acceptors (Lipinski definition) is 4. The normalized spacial score (nSPS) is 11.0. The quantitative estimate of drug-likeness (QED) is 0.242. The lowest BCUT2D eigenvalue weighted by Crippen LogP contribution is -2.19. The summed E-state index contributed by atoms with van der Waals surface area (Å²) in [6.45, 7) is 0. The Morgan fingerprint density at radius 2 is 1.50 bits per heavy atom. The van der Waals surface area contributed by atoms with Crippen molar-refractivity contribution in [3.05, 3.63) is 114 Å². The molecular weight excluding hydrogens is 521 g/mol. The van der Waals surface area contributed by atoms with Crippen molar-refractivity contribution in [1.29, 1.82) is 0 Å². The molecule has 6 aromatic rings. The van der Waals surface area contributed by atoms with Gasteiger partial charge in [-0.1, -0.05) is 47.5 Å². The molecule has 0 unspecified atom stereocenters. The molecular formula is C28H19Cl2N7O. The molecule has 3 aromatic heterocycles. The van der Waals surface area contributed by atoms with Gasteiger partial charge in [-0.15, -0.1) is 0 Å². The van der Waals surface area contributed by atoms with E-state index in [1.165, 1.54) is 0 Å². The maximum absolute atomic E-state index is 12.5. The first kappa shape index (κ1) is 23.7. The fraction of sp³-hybridized carbons (Fsp3) is 0. The lowest BCUT2D eigenvalue weighted by Gasteiger charge is -2.11. The Labute approximate surface area is 227 Å². The highest BCUT2D eigenvalue weighted by Gasteiger charge is 2.13. The number of nitrogens with zero attached hydrogens (tertiary/aromatic N) is 5. The van der Waals surface area contributed by atoms with E-state index in [-0.39, 0.29) is 6.03 Å².